The molecular weight excluding hydrogens is 705 g/mol. The van der Waals surface area contributed by atoms with Gasteiger partial charge in [0, 0.05) is 12.3 Å². The van der Waals surface area contributed by atoms with Crippen LogP contribution in [0, 0.1) is 0 Å². The van der Waals surface area contributed by atoms with Crippen molar-refractivity contribution in [1.82, 2.24) is 0 Å². The van der Waals surface area contributed by atoms with Gasteiger partial charge >= 0.3 is 16.5 Å². The number of hydrogen-bond donors (Lipinski definition) is 2. The van der Waals surface area contributed by atoms with E-state index in [4.69, 9.17) is 9.05 Å². The second kappa shape index (κ2) is 18.5. The molecule has 2 unspecified atom stereocenters. The van der Waals surface area contributed by atoms with Crippen LogP contribution in [0.4, 0.5) is 0 Å². The molecule has 0 heterocycles. The van der Waals surface area contributed by atoms with Gasteiger partial charge in [-0.15, -0.1) is 0 Å². The van der Waals surface area contributed by atoms with Crippen molar-refractivity contribution in [3.63, 3.8) is 0 Å². The molecule has 0 aliphatic carbocycles. The number of hydrogen-bond acceptors (Lipinski definition) is 8. The summed E-state index contributed by atoms with van der Waals surface area (Å²) in [5.41, 5.74) is 3.25. The van der Waals surface area contributed by atoms with Crippen molar-refractivity contribution in [2.45, 2.75) is 157 Å². The van der Waals surface area contributed by atoms with Gasteiger partial charge < -0.3 is 38.2 Å². The first kappa shape index (κ1) is 47.8. The van der Waals surface area contributed by atoms with Gasteiger partial charge in [0.2, 0.25) is 0 Å². The molecule has 284 valence electrons. The summed E-state index contributed by atoms with van der Waals surface area (Å²) in [6, 6.07) is 7.16. The van der Waals surface area contributed by atoms with Crippen LogP contribution in [0.5, 0.6) is 11.5 Å². The first-order valence-electron chi connectivity index (χ1n) is 17.2. The predicted octanol–water partition coefficient (Wildman–Crippen LogP) is 9.71. The van der Waals surface area contributed by atoms with E-state index in [9.17, 15) is 29.1 Å². The van der Waals surface area contributed by atoms with E-state index in [0.29, 0.717) is 11.1 Å². The zero-order chi connectivity index (χ0) is 37.5. The number of aromatic hydroxyl groups is 2. The predicted molar refractivity (Wildman–Crippen MR) is 195 cm³/mol. The molecule has 0 bridgehead atoms. The van der Waals surface area contributed by atoms with Crippen LogP contribution >= 0.6 is 15.2 Å². The maximum absolute atomic E-state index is 12.2. The van der Waals surface area contributed by atoms with Gasteiger partial charge in [0.05, 0.1) is 13.2 Å². The van der Waals surface area contributed by atoms with E-state index in [1.165, 1.54) is 0 Å². The van der Waals surface area contributed by atoms with Crippen molar-refractivity contribution >= 4 is 15.2 Å². The van der Waals surface area contributed by atoms with Gasteiger partial charge in [0.1, 0.15) is 26.7 Å². The van der Waals surface area contributed by atoms with Gasteiger partial charge in [0.15, 0.2) is 0 Å². The molecule has 0 aromatic heterocycles. The summed E-state index contributed by atoms with van der Waals surface area (Å²) in [6.07, 6.45) is 2.93. The molecule has 2 rings (SSSR count). The first-order valence-corrected chi connectivity index (χ1v) is 20.6. The molecule has 2 aromatic rings. The third-order valence-corrected chi connectivity index (χ3v) is 10.6. The minimum atomic E-state index is -3.94. The Balaban J connectivity index is 0.000000922. The third kappa shape index (κ3) is 15.9. The number of phenols is 2. The zero-order valence-corrected chi connectivity index (χ0v) is 35.3. The average molecular weight is 770 g/mol. The molecule has 11 heteroatoms. The Morgan fingerprint density at radius 3 is 0.959 bits per heavy atom. The molecule has 0 saturated carbocycles. The molecule has 0 saturated heterocycles. The van der Waals surface area contributed by atoms with E-state index in [2.05, 4.69) is 0 Å². The molecule has 0 amide bonds. The van der Waals surface area contributed by atoms with E-state index in [0.717, 1.165) is 47.9 Å². The first-order chi connectivity index (χ1) is 21.6. The fourth-order valence-corrected chi connectivity index (χ4v) is 7.35. The van der Waals surface area contributed by atoms with Crippen molar-refractivity contribution in [3.8, 4) is 11.5 Å². The number of rotatable bonds is 12. The minimum absolute atomic E-state index is 0. The second-order valence-electron chi connectivity index (χ2n) is 17.0. The van der Waals surface area contributed by atoms with Crippen LogP contribution < -0.4 is 9.79 Å². The van der Waals surface area contributed by atoms with Crippen LogP contribution in [0.15, 0.2) is 24.3 Å². The van der Waals surface area contributed by atoms with Crippen molar-refractivity contribution in [2.24, 2.45) is 0 Å². The smallest absolute Gasteiger partial charge is 0.778 e. The summed E-state index contributed by atoms with van der Waals surface area (Å²) >= 11 is 0. The van der Waals surface area contributed by atoms with Crippen LogP contribution in [0.3, 0.4) is 0 Å². The SMILES string of the molecule is CCCCOP(=O)([O-])Cc1cc(C(C)(C)C)c(O)c(C(C)(C)C)c1.CCCCOP(=O)([O-])Cc1cc(C(C)(C)C)c(O)c(C(C)(C)C)c1.[Ni+2]. The molecule has 0 aliphatic heterocycles. The maximum atomic E-state index is 12.2. The van der Waals surface area contributed by atoms with Crippen LogP contribution in [-0.4, -0.2) is 23.4 Å². The largest absolute Gasteiger partial charge is 2.00 e. The molecule has 49 heavy (non-hydrogen) atoms. The molecule has 0 fully saturated rings. The molecule has 8 nitrogen and oxygen atoms in total. The Hall–Kier alpha value is -1.17. The van der Waals surface area contributed by atoms with E-state index in [1.54, 1.807) is 24.3 Å². The standard InChI is InChI=1S/2C19H33O4P.Ni/c2*1-8-9-10-23-24(21,22)13-14-11-15(18(2,3)4)17(20)16(12-14)19(5,6)7;/h2*11-12,20H,8-10,13H2,1-7H3,(H,21,22);/q;;+2/p-2. The zero-order valence-electron chi connectivity index (χ0n) is 32.5. The molecular formula is C38H64NiO8P2. The molecule has 2 atom stereocenters. The topological polar surface area (TPSA) is 139 Å². The summed E-state index contributed by atoms with van der Waals surface area (Å²) in [5.74, 6) is 0.512. The van der Waals surface area contributed by atoms with Crippen molar-refractivity contribution in [2.75, 3.05) is 13.2 Å². The summed E-state index contributed by atoms with van der Waals surface area (Å²) in [7, 11) is -7.87. The van der Waals surface area contributed by atoms with E-state index >= 15 is 0 Å². The molecule has 0 spiro atoms. The normalized spacial score (nSPS) is 15.0. The van der Waals surface area contributed by atoms with E-state index in [-0.39, 0.29) is 75.2 Å². The van der Waals surface area contributed by atoms with Gasteiger partial charge in [-0.1, -0.05) is 134 Å². The monoisotopic (exact) mass is 768 g/mol. The third-order valence-electron chi connectivity index (χ3n) is 7.90. The van der Waals surface area contributed by atoms with Gasteiger partial charge in [-0.25, -0.2) is 0 Å². The number of phenolic OH excluding ortho intramolecular Hbond substituents is 2. The van der Waals surface area contributed by atoms with Crippen LogP contribution in [0.25, 0.3) is 0 Å². The van der Waals surface area contributed by atoms with Crippen LogP contribution in [0.2, 0.25) is 0 Å². The van der Waals surface area contributed by atoms with E-state index < -0.39 is 15.2 Å². The van der Waals surface area contributed by atoms with Crippen LogP contribution in [-0.2, 0) is 68.7 Å². The molecule has 0 radical (unpaired) electrons. The Kier molecular flexibility index (Phi) is 18.1. The Morgan fingerprint density at radius 2 is 0.776 bits per heavy atom. The minimum Gasteiger partial charge on any atom is -0.778 e. The fourth-order valence-electron chi connectivity index (χ4n) is 5.09. The number of benzene rings is 2. The van der Waals surface area contributed by atoms with Crippen molar-refractivity contribution < 1.29 is 54.7 Å². The second-order valence-corrected chi connectivity index (χ2v) is 20.6. The van der Waals surface area contributed by atoms with Crippen molar-refractivity contribution in [1.29, 1.82) is 0 Å². The Morgan fingerprint density at radius 1 is 0.551 bits per heavy atom. The quantitative estimate of drug-likeness (QED) is 0.124. The Bertz CT molecular complexity index is 1260. The Labute approximate surface area is 307 Å². The summed E-state index contributed by atoms with van der Waals surface area (Å²) in [5, 5.41) is 21.4. The van der Waals surface area contributed by atoms with Gasteiger partial charge in [0.25, 0.3) is 0 Å². The van der Waals surface area contributed by atoms with Crippen molar-refractivity contribution in [3.05, 3.63) is 57.6 Å². The molecule has 2 aromatic carbocycles. The summed E-state index contributed by atoms with van der Waals surface area (Å²) < 4.78 is 34.6. The fraction of sp³-hybridized carbons (Fsp3) is 0.684. The van der Waals surface area contributed by atoms with Crippen LogP contribution in [0.1, 0.15) is 156 Å². The number of unbranched alkanes of at least 4 members (excludes halogenated alkanes) is 2. The van der Waals surface area contributed by atoms with Gasteiger partial charge in [-0.2, -0.15) is 0 Å². The average Bonchev–Trinajstić information content (AvgIpc) is 2.88. The van der Waals surface area contributed by atoms with E-state index in [1.807, 2.05) is 96.9 Å². The summed E-state index contributed by atoms with van der Waals surface area (Å²) in [6.45, 7) is 28.5. The van der Waals surface area contributed by atoms with Gasteiger partial charge in [-0.05, 0) is 67.9 Å². The summed E-state index contributed by atoms with van der Waals surface area (Å²) in [4.78, 5) is 24.4. The maximum Gasteiger partial charge on any atom is 2.00 e. The molecule has 0 aliphatic rings. The molecule has 2 N–H and O–H groups in total. The van der Waals surface area contributed by atoms with Gasteiger partial charge in [-0.3, -0.25) is 0 Å².